The van der Waals surface area contributed by atoms with Crippen LogP contribution in [0.25, 0.3) is 0 Å². The van der Waals surface area contributed by atoms with Crippen LogP contribution in [0.15, 0.2) is 18.2 Å². The molecule has 0 spiro atoms. The molecular weight excluding hydrogens is 420 g/mol. The van der Waals surface area contributed by atoms with Crippen LogP contribution in [0, 0.1) is 27.4 Å². The van der Waals surface area contributed by atoms with Gasteiger partial charge in [-0.15, -0.1) is 11.3 Å². The summed E-state index contributed by atoms with van der Waals surface area (Å²) < 4.78 is 5.76. The molecule has 0 saturated heterocycles. The molecule has 9 nitrogen and oxygen atoms in total. The third kappa shape index (κ3) is 3.72. The molecule has 2 aliphatic rings. The number of rotatable bonds is 5. The molecule has 2 heterocycles. The number of nitrogens with one attached hydrogen (secondary N) is 1. The van der Waals surface area contributed by atoms with Crippen molar-refractivity contribution in [2.75, 3.05) is 16.8 Å². The van der Waals surface area contributed by atoms with Gasteiger partial charge in [-0.2, -0.15) is 5.26 Å². The predicted molar refractivity (Wildman–Crippen MR) is 114 cm³/mol. The van der Waals surface area contributed by atoms with Gasteiger partial charge in [0.1, 0.15) is 23.4 Å². The smallest absolute Gasteiger partial charge is 0.271 e. The van der Waals surface area contributed by atoms with E-state index >= 15 is 0 Å². The Kier molecular flexibility index (Phi) is 5.37. The summed E-state index contributed by atoms with van der Waals surface area (Å²) in [6, 6.07) is 6.15. The second-order valence-electron chi connectivity index (χ2n) is 7.84. The van der Waals surface area contributed by atoms with E-state index in [2.05, 4.69) is 11.4 Å². The van der Waals surface area contributed by atoms with Crippen LogP contribution in [-0.2, 0) is 22.4 Å². The molecule has 2 amide bonds. The number of nitro groups is 1. The van der Waals surface area contributed by atoms with Gasteiger partial charge < -0.3 is 10.1 Å². The first-order valence-corrected chi connectivity index (χ1v) is 10.7. The third-order valence-corrected chi connectivity index (χ3v) is 6.61. The first kappa shape index (κ1) is 20.8. The number of hydrogen-bond donors (Lipinski definition) is 1. The van der Waals surface area contributed by atoms with Crippen molar-refractivity contribution in [1.82, 2.24) is 0 Å². The lowest BCUT2D eigenvalue weighted by Gasteiger charge is -2.35. The van der Waals surface area contributed by atoms with Gasteiger partial charge in [0.15, 0.2) is 6.10 Å². The second-order valence-corrected chi connectivity index (χ2v) is 8.94. The van der Waals surface area contributed by atoms with E-state index in [1.165, 1.54) is 34.4 Å². The Bertz CT molecular complexity index is 1130. The standard InChI is InChI=1S/C21H20N4O5S/c1-11(2)19-21(27)24(15-8-12(25(28)29)6-7-16(15)30-19)10-18(26)23-20-14(9-22)13-4-3-5-17(13)31-20/h6-8,11,19H,3-5,10H2,1-2H3,(H,23,26). The number of thiophene rings is 1. The maximum atomic E-state index is 13.0. The minimum atomic E-state index is -0.804. The molecule has 10 heteroatoms. The molecule has 160 valence electrons. The predicted octanol–water partition coefficient (Wildman–Crippen LogP) is 3.41. The second kappa shape index (κ2) is 8.00. The molecule has 0 fully saturated rings. The fraction of sp³-hybridized carbons (Fsp3) is 0.381. The number of fused-ring (bicyclic) bond motifs is 2. The number of non-ortho nitro benzene ring substituents is 1. The summed E-state index contributed by atoms with van der Waals surface area (Å²) in [5.41, 5.74) is 1.45. The van der Waals surface area contributed by atoms with E-state index < -0.39 is 22.8 Å². The highest BCUT2D eigenvalue weighted by Gasteiger charge is 2.38. The molecule has 2 aromatic rings. The number of nitro benzene ring substituents is 1. The monoisotopic (exact) mass is 440 g/mol. The average Bonchev–Trinajstić information content (AvgIpc) is 3.29. The Morgan fingerprint density at radius 1 is 1.45 bits per heavy atom. The average molecular weight is 440 g/mol. The molecule has 1 aliphatic carbocycles. The highest BCUT2D eigenvalue weighted by Crippen LogP contribution is 2.40. The first-order valence-electron chi connectivity index (χ1n) is 9.91. The fourth-order valence-corrected chi connectivity index (χ4v) is 5.15. The van der Waals surface area contributed by atoms with Gasteiger partial charge >= 0.3 is 0 Å². The lowest BCUT2D eigenvalue weighted by molar-refractivity contribution is -0.384. The van der Waals surface area contributed by atoms with Gasteiger partial charge in [-0.05, 0) is 36.8 Å². The minimum absolute atomic E-state index is 0.160. The molecule has 1 N–H and O–H groups in total. The number of aryl methyl sites for hydroxylation is 1. The summed E-state index contributed by atoms with van der Waals surface area (Å²) in [6.07, 6.45) is 1.90. The van der Waals surface area contributed by atoms with Gasteiger partial charge in [-0.1, -0.05) is 13.8 Å². The zero-order valence-electron chi connectivity index (χ0n) is 17.0. The van der Waals surface area contributed by atoms with Crippen LogP contribution in [0.5, 0.6) is 5.75 Å². The topological polar surface area (TPSA) is 126 Å². The van der Waals surface area contributed by atoms with Gasteiger partial charge in [-0.25, -0.2) is 0 Å². The van der Waals surface area contributed by atoms with Crippen molar-refractivity contribution in [3.63, 3.8) is 0 Å². The van der Waals surface area contributed by atoms with E-state index in [4.69, 9.17) is 4.74 Å². The van der Waals surface area contributed by atoms with Crippen molar-refractivity contribution in [1.29, 1.82) is 5.26 Å². The number of benzene rings is 1. The Labute approximate surface area is 182 Å². The first-order chi connectivity index (χ1) is 14.8. The summed E-state index contributed by atoms with van der Waals surface area (Å²) >= 11 is 1.39. The summed E-state index contributed by atoms with van der Waals surface area (Å²) in [5.74, 6) is -0.768. The maximum Gasteiger partial charge on any atom is 0.271 e. The summed E-state index contributed by atoms with van der Waals surface area (Å²) in [5, 5.41) is 24.0. The Morgan fingerprint density at radius 3 is 2.90 bits per heavy atom. The van der Waals surface area contributed by atoms with Crippen LogP contribution >= 0.6 is 11.3 Å². The normalized spacial score (nSPS) is 17.0. The number of nitrogens with zero attached hydrogens (tertiary/aromatic N) is 3. The number of hydrogen-bond acceptors (Lipinski definition) is 7. The van der Waals surface area contributed by atoms with Gasteiger partial charge in [0.2, 0.25) is 5.91 Å². The summed E-state index contributed by atoms with van der Waals surface area (Å²) in [4.78, 5) is 38.8. The molecular formula is C21H20N4O5S. The zero-order valence-corrected chi connectivity index (χ0v) is 17.8. The van der Waals surface area contributed by atoms with E-state index in [1.807, 2.05) is 13.8 Å². The zero-order chi connectivity index (χ0) is 22.3. The van der Waals surface area contributed by atoms with E-state index in [0.717, 1.165) is 29.7 Å². The summed E-state index contributed by atoms with van der Waals surface area (Å²) in [7, 11) is 0. The van der Waals surface area contributed by atoms with Crippen LogP contribution < -0.4 is 15.0 Å². The summed E-state index contributed by atoms with van der Waals surface area (Å²) in [6.45, 7) is 3.31. The molecule has 0 bridgehead atoms. The van der Waals surface area contributed by atoms with Crippen molar-refractivity contribution >= 4 is 39.5 Å². The van der Waals surface area contributed by atoms with Gasteiger partial charge in [0, 0.05) is 17.0 Å². The third-order valence-electron chi connectivity index (χ3n) is 5.40. The highest BCUT2D eigenvalue weighted by atomic mass is 32.1. The van der Waals surface area contributed by atoms with E-state index in [1.54, 1.807) is 0 Å². The van der Waals surface area contributed by atoms with Crippen LogP contribution in [0.4, 0.5) is 16.4 Å². The lowest BCUT2D eigenvalue weighted by Crippen LogP contribution is -2.50. The Balaban J connectivity index is 1.63. The number of carbonyl (C=O) groups is 2. The number of anilines is 2. The number of ether oxygens (including phenoxy) is 1. The minimum Gasteiger partial charge on any atom is -0.478 e. The molecule has 0 saturated carbocycles. The highest BCUT2D eigenvalue weighted by molar-refractivity contribution is 7.16. The van der Waals surface area contributed by atoms with Crippen LogP contribution in [-0.4, -0.2) is 29.4 Å². The molecule has 1 atom stereocenters. The lowest BCUT2D eigenvalue weighted by atomic mass is 10.0. The fourth-order valence-electron chi connectivity index (χ4n) is 3.89. The van der Waals surface area contributed by atoms with Crippen molar-refractivity contribution in [2.45, 2.75) is 39.2 Å². The van der Waals surface area contributed by atoms with Crippen molar-refractivity contribution in [3.05, 3.63) is 44.3 Å². The SMILES string of the molecule is CC(C)C1Oc2ccc([N+](=O)[O-])cc2N(CC(=O)Nc2sc3c(c2C#N)CCC3)C1=O. The van der Waals surface area contributed by atoms with Crippen molar-refractivity contribution < 1.29 is 19.2 Å². The number of nitriles is 1. The van der Waals surface area contributed by atoms with Crippen LogP contribution in [0.3, 0.4) is 0 Å². The number of amides is 2. The molecule has 1 unspecified atom stereocenters. The van der Waals surface area contributed by atoms with Crippen LogP contribution in [0.1, 0.15) is 36.3 Å². The maximum absolute atomic E-state index is 13.0. The number of carbonyl (C=O) groups excluding carboxylic acids is 2. The molecule has 4 rings (SSSR count). The van der Waals surface area contributed by atoms with Crippen LogP contribution in [0.2, 0.25) is 0 Å². The molecule has 0 radical (unpaired) electrons. The molecule has 1 aliphatic heterocycles. The molecule has 31 heavy (non-hydrogen) atoms. The van der Waals surface area contributed by atoms with Gasteiger partial charge in [-0.3, -0.25) is 24.6 Å². The quantitative estimate of drug-likeness (QED) is 0.561. The molecule has 1 aromatic heterocycles. The van der Waals surface area contributed by atoms with Crippen molar-refractivity contribution in [3.8, 4) is 11.8 Å². The molecule has 1 aromatic carbocycles. The Hall–Kier alpha value is -3.45. The Morgan fingerprint density at radius 2 is 2.23 bits per heavy atom. The largest absolute Gasteiger partial charge is 0.478 e. The van der Waals surface area contributed by atoms with E-state index in [0.29, 0.717) is 16.3 Å². The van der Waals surface area contributed by atoms with Crippen molar-refractivity contribution in [2.24, 2.45) is 5.92 Å². The van der Waals surface area contributed by atoms with E-state index in [9.17, 15) is 25.0 Å². The van der Waals surface area contributed by atoms with Gasteiger partial charge in [0.05, 0.1) is 16.2 Å². The van der Waals surface area contributed by atoms with E-state index in [-0.39, 0.29) is 23.8 Å². The van der Waals surface area contributed by atoms with Gasteiger partial charge in [0.25, 0.3) is 11.6 Å².